The van der Waals surface area contributed by atoms with Crippen LogP contribution in [0.2, 0.25) is 0 Å². The van der Waals surface area contributed by atoms with Crippen molar-refractivity contribution in [2.75, 3.05) is 6.61 Å². The van der Waals surface area contributed by atoms with Gasteiger partial charge in [-0.25, -0.2) is 0 Å². The largest absolute Gasteiger partial charge is 0.501 e. The lowest BCUT2D eigenvalue weighted by Gasteiger charge is -2.19. The van der Waals surface area contributed by atoms with Gasteiger partial charge < -0.3 is 4.74 Å². The van der Waals surface area contributed by atoms with Crippen molar-refractivity contribution in [3.63, 3.8) is 0 Å². The second-order valence-corrected chi connectivity index (χ2v) is 3.52. The van der Waals surface area contributed by atoms with Gasteiger partial charge in [0.1, 0.15) is 0 Å². The van der Waals surface area contributed by atoms with E-state index in [0.717, 1.165) is 6.26 Å². The Labute approximate surface area is 88.6 Å². The van der Waals surface area contributed by atoms with E-state index in [1.165, 1.54) is 0 Å². The third-order valence-corrected chi connectivity index (χ3v) is 1.95. The molecular formula is C7H7Cl2F3O2. The van der Waals surface area contributed by atoms with Gasteiger partial charge in [-0.3, -0.25) is 4.79 Å². The molecule has 0 atom stereocenters. The second-order valence-electron chi connectivity index (χ2n) is 2.19. The third-order valence-electron chi connectivity index (χ3n) is 1.15. The molecule has 0 radical (unpaired) electrons. The molecule has 0 fully saturated rings. The van der Waals surface area contributed by atoms with Gasteiger partial charge in [0.25, 0.3) is 4.33 Å². The maximum absolute atomic E-state index is 12.0. The van der Waals surface area contributed by atoms with Gasteiger partial charge >= 0.3 is 6.18 Å². The maximum Gasteiger partial charge on any atom is 0.429 e. The summed E-state index contributed by atoms with van der Waals surface area (Å²) in [5, 5.41) is 0. The molecule has 0 aliphatic carbocycles. The smallest absolute Gasteiger partial charge is 0.429 e. The average Bonchev–Trinajstić information content (AvgIpc) is 2.02. The first-order chi connectivity index (χ1) is 6.23. The van der Waals surface area contributed by atoms with Crippen LogP contribution in [0.3, 0.4) is 0 Å². The number of carbonyl (C=O) groups is 1. The van der Waals surface area contributed by atoms with E-state index >= 15 is 0 Å². The molecule has 14 heavy (non-hydrogen) atoms. The quantitative estimate of drug-likeness (QED) is 0.436. The SMILES string of the molecule is CCO/C=C/C(=O)C(Cl)(Cl)C(F)(F)F. The Morgan fingerprint density at radius 1 is 1.43 bits per heavy atom. The normalized spacial score (nSPS) is 13.3. The predicted octanol–water partition coefficient (Wildman–Crippen LogP) is 2.84. The number of alkyl halides is 5. The van der Waals surface area contributed by atoms with Crippen LogP contribution in [0, 0.1) is 0 Å². The van der Waals surface area contributed by atoms with Gasteiger partial charge in [0.05, 0.1) is 12.9 Å². The zero-order chi connectivity index (χ0) is 11.4. The molecule has 0 aromatic carbocycles. The standard InChI is InChI=1S/C7H7Cl2F3O2/c1-2-14-4-3-5(13)6(8,9)7(10,11)12/h3-4H,2H2,1H3/b4-3+. The number of ether oxygens (including phenoxy) is 1. The van der Waals surface area contributed by atoms with Crippen molar-refractivity contribution < 1.29 is 22.7 Å². The fraction of sp³-hybridized carbons (Fsp3) is 0.571. The Balaban J connectivity index is 4.52. The molecule has 0 rings (SSSR count). The first kappa shape index (κ1) is 13.6. The predicted molar refractivity (Wildman–Crippen MR) is 46.3 cm³/mol. The molecule has 0 aromatic heterocycles. The van der Waals surface area contributed by atoms with Crippen molar-refractivity contribution in [3.8, 4) is 0 Å². The van der Waals surface area contributed by atoms with Gasteiger partial charge in [-0.2, -0.15) is 13.2 Å². The third kappa shape index (κ3) is 3.38. The molecule has 0 aliphatic rings. The fourth-order valence-electron chi connectivity index (χ4n) is 0.450. The van der Waals surface area contributed by atoms with Crippen LogP contribution in [0.5, 0.6) is 0 Å². The first-order valence-corrected chi connectivity index (χ1v) is 4.26. The van der Waals surface area contributed by atoms with Crippen LogP contribution in [0.15, 0.2) is 12.3 Å². The molecule has 7 heteroatoms. The van der Waals surface area contributed by atoms with Crippen LogP contribution >= 0.6 is 23.2 Å². The molecule has 0 unspecified atom stereocenters. The van der Waals surface area contributed by atoms with Crippen LogP contribution in [-0.2, 0) is 9.53 Å². The number of ketones is 1. The lowest BCUT2D eigenvalue weighted by Crippen LogP contribution is -2.41. The molecule has 82 valence electrons. The minimum absolute atomic E-state index is 0.230. The summed E-state index contributed by atoms with van der Waals surface area (Å²) in [6.45, 7) is 1.83. The van der Waals surface area contributed by atoms with E-state index in [1.54, 1.807) is 6.92 Å². The minimum Gasteiger partial charge on any atom is -0.501 e. The summed E-state index contributed by atoms with van der Waals surface area (Å²) in [5.41, 5.74) is 0. The van der Waals surface area contributed by atoms with Gasteiger partial charge in [0, 0.05) is 6.08 Å². The highest BCUT2D eigenvalue weighted by molar-refractivity contribution is 6.60. The maximum atomic E-state index is 12.0. The number of carbonyl (C=O) groups excluding carboxylic acids is 1. The Morgan fingerprint density at radius 3 is 2.29 bits per heavy atom. The lowest BCUT2D eigenvalue weighted by molar-refractivity contribution is -0.154. The van der Waals surface area contributed by atoms with E-state index < -0.39 is 16.3 Å². The van der Waals surface area contributed by atoms with E-state index in [-0.39, 0.29) is 6.61 Å². The summed E-state index contributed by atoms with van der Waals surface area (Å²) in [5.74, 6) is -1.48. The second kappa shape index (κ2) is 4.89. The van der Waals surface area contributed by atoms with Crippen molar-refractivity contribution in [2.24, 2.45) is 0 Å². The molecule has 2 nitrogen and oxygen atoms in total. The molecule has 0 bridgehead atoms. The van der Waals surface area contributed by atoms with Gasteiger partial charge in [0.2, 0.25) is 5.78 Å². The Kier molecular flexibility index (Phi) is 4.74. The Bertz CT molecular complexity index is 236. The van der Waals surface area contributed by atoms with Crippen LogP contribution in [0.25, 0.3) is 0 Å². The summed E-state index contributed by atoms with van der Waals surface area (Å²) in [6, 6.07) is 0. The molecule has 0 saturated carbocycles. The number of rotatable bonds is 4. The van der Waals surface area contributed by atoms with Crippen LogP contribution < -0.4 is 0 Å². The van der Waals surface area contributed by atoms with Crippen molar-refractivity contribution in [1.82, 2.24) is 0 Å². The van der Waals surface area contributed by atoms with E-state index in [4.69, 9.17) is 23.2 Å². The first-order valence-electron chi connectivity index (χ1n) is 3.50. The number of halogens is 5. The number of hydrogen-bond acceptors (Lipinski definition) is 2. The Morgan fingerprint density at radius 2 is 1.93 bits per heavy atom. The molecule has 0 aromatic rings. The average molecular weight is 251 g/mol. The zero-order valence-electron chi connectivity index (χ0n) is 7.07. The highest BCUT2D eigenvalue weighted by Crippen LogP contribution is 2.40. The van der Waals surface area contributed by atoms with Crippen molar-refractivity contribution in [2.45, 2.75) is 17.4 Å². The summed E-state index contributed by atoms with van der Waals surface area (Å²) in [4.78, 5) is 10.8. The highest BCUT2D eigenvalue weighted by Gasteiger charge is 2.57. The topological polar surface area (TPSA) is 26.3 Å². The minimum atomic E-state index is -5.01. The van der Waals surface area contributed by atoms with Gasteiger partial charge in [-0.15, -0.1) is 0 Å². The fourth-order valence-corrected chi connectivity index (χ4v) is 0.576. The molecular weight excluding hydrogens is 244 g/mol. The number of allylic oxidation sites excluding steroid dienone is 1. The summed E-state index contributed by atoms with van der Waals surface area (Å²) < 4.78 is 37.2. The monoisotopic (exact) mass is 250 g/mol. The highest BCUT2D eigenvalue weighted by atomic mass is 35.5. The van der Waals surface area contributed by atoms with Crippen molar-refractivity contribution >= 4 is 29.0 Å². The lowest BCUT2D eigenvalue weighted by atomic mass is 10.2. The molecule has 0 spiro atoms. The molecule has 0 amide bonds. The summed E-state index contributed by atoms with van der Waals surface area (Å²) in [6.07, 6.45) is -3.66. The van der Waals surface area contributed by atoms with E-state index in [0.29, 0.717) is 6.08 Å². The van der Waals surface area contributed by atoms with Crippen LogP contribution in [0.1, 0.15) is 6.92 Å². The van der Waals surface area contributed by atoms with E-state index in [1.807, 2.05) is 0 Å². The molecule has 0 aliphatic heterocycles. The van der Waals surface area contributed by atoms with Crippen LogP contribution in [0.4, 0.5) is 13.2 Å². The van der Waals surface area contributed by atoms with Gasteiger partial charge in [-0.05, 0) is 6.92 Å². The van der Waals surface area contributed by atoms with Gasteiger partial charge in [-0.1, -0.05) is 23.2 Å². The van der Waals surface area contributed by atoms with Crippen LogP contribution in [-0.4, -0.2) is 22.9 Å². The zero-order valence-corrected chi connectivity index (χ0v) is 8.58. The molecule has 0 saturated heterocycles. The van der Waals surface area contributed by atoms with Crippen molar-refractivity contribution in [3.05, 3.63) is 12.3 Å². The Hall–Kier alpha value is -0.420. The summed E-state index contributed by atoms with van der Waals surface area (Å²) >= 11 is 9.65. The van der Waals surface area contributed by atoms with E-state index in [2.05, 4.69) is 4.74 Å². The van der Waals surface area contributed by atoms with E-state index in [9.17, 15) is 18.0 Å². The van der Waals surface area contributed by atoms with Crippen molar-refractivity contribution in [1.29, 1.82) is 0 Å². The summed E-state index contributed by atoms with van der Waals surface area (Å²) in [7, 11) is 0. The molecule has 0 N–H and O–H groups in total. The number of hydrogen-bond donors (Lipinski definition) is 0. The molecule has 0 heterocycles. The van der Waals surface area contributed by atoms with Gasteiger partial charge in [0.15, 0.2) is 0 Å².